The van der Waals surface area contributed by atoms with E-state index in [9.17, 15) is 13.6 Å². The Morgan fingerprint density at radius 1 is 1.21 bits per heavy atom. The van der Waals surface area contributed by atoms with Gasteiger partial charge in [-0.05, 0) is 44.3 Å². The van der Waals surface area contributed by atoms with Gasteiger partial charge in [0, 0.05) is 41.8 Å². The molecule has 1 amide bonds. The van der Waals surface area contributed by atoms with Crippen LogP contribution in [0.2, 0.25) is 0 Å². The Morgan fingerprint density at radius 3 is 2.93 bits per heavy atom. The summed E-state index contributed by atoms with van der Waals surface area (Å²) in [6, 6.07) is 7.14. The molecule has 0 bridgehead atoms. The van der Waals surface area contributed by atoms with Gasteiger partial charge in [-0.25, -0.2) is 8.78 Å². The summed E-state index contributed by atoms with van der Waals surface area (Å²) < 4.78 is 28.9. The number of carbonyl (C=O) groups excluding carboxylic acids is 1. The summed E-state index contributed by atoms with van der Waals surface area (Å²) in [6.07, 6.45) is 2.35. The molecule has 1 fully saturated rings. The third-order valence-electron chi connectivity index (χ3n) is 5.16. The molecule has 1 saturated heterocycles. The number of benzene rings is 2. The van der Waals surface area contributed by atoms with Crippen LogP contribution in [0.15, 0.2) is 36.5 Å². The van der Waals surface area contributed by atoms with Crippen molar-refractivity contribution in [3.63, 3.8) is 0 Å². The predicted octanol–water partition coefficient (Wildman–Crippen LogP) is 3.06. The Kier molecular flexibility index (Phi) is 5.06. The molecule has 1 unspecified atom stereocenters. The van der Waals surface area contributed by atoms with Crippen molar-refractivity contribution in [3.05, 3.63) is 59.3 Å². The zero-order chi connectivity index (χ0) is 19.7. The standard InChI is InChI=1S/C20H21F2N5O/c1-27-7-6-23-5-4-19(27)14-9-15(17(22)10-16(14)21)20(28)25-13-3-2-12-11-24-26-18(12)8-13/h2-3,8-11,19,23H,4-7H2,1H3,(H,24,26)(H,25,28). The molecule has 4 rings (SSSR count). The summed E-state index contributed by atoms with van der Waals surface area (Å²) in [5, 5.41) is 13.6. The maximum absolute atomic E-state index is 14.5. The van der Waals surface area contributed by atoms with Crippen LogP contribution in [0, 0.1) is 11.6 Å². The van der Waals surface area contributed by atoms with Crippen molar-refractivity contribution >= 4 is 22.5 Å². The number of aromatic nitrogens is 2. The number of carbonyl (C=O) groups is 1. The average Bonchev–Trinajstić information content (AvgIpc) is 3.02. The molecular formula is C20H21F2N5O. The number of hydrogen-bond donors (Lipinski definition) is 3. The molecule has 2 aromatic carbocycles. The number of rotatable bonds is 3. The molecule has 28 heavy (non-hydrogen) atoms. The fourth-order valence-electron chi connectivity index (χ4n) is 3.60. The van der Waals surface area contributed by atoms with Gasteiger partial charge >= 0.3 is 0 Å². The minimum Gasteiger partial charge on any atom is -0.322 e. The minimum atomic E-state index is -0.879. The van der Waals surface area contributed by atoms with E-state index in [2.05, 4.69) is 20.8 Å². The Bertz CT molecular complexity index is 1020. The van der Waals surface area contributed by atoms with Gasteiger partial charge in [0.1, 0.15) is 11.6 Å². The topological polar surface area (TPSA) is 73.1 Å². The second-order valence-corrected chi connectivity index (χ2v) is 7.01. The molecular weight excluding hydrogens is 364 g/mol. The molecule has 8 heteroatoms. The number of hydrogen-bond acceptors (Lipinski definition) is 4. The quantitative estimate of drug-likeness (QED) is 0.648. The number of nitrogens with zero attached hydrogens (tertiary/aromatic N) is 2. The van der Waals surface area contributed by atoms with Gasteiger partial charge in [-0.15, -0.1) is 0 Å². The van der Waals surface area contributed by atoms with E-state index in [1.54, 1.807) is 24.4 Å². The lowest BCUT2D eigenvalue weighted by atomic mass is 9.98. The number of H-pyrrole nitrogens is 1. The second kappa shape index (κ2) is 7.65. The average molecular weight is 385 g/mol. The number of fused-ring (bicyclic) bond motifs is 1. The number of nitrogens with one attached hydrogen (secondary N) is 3. The highest BCUT2D eigenvalue weighted by Gasteiger charge is 2.25. The van der Waals surface area contributed by atoms with E-state index in [0.29, 0.717) is 17.7 Å². The van der Waals surface area contributed by atoms with Crippen LogP contribution in [-0.4, -0.2) is 47.7 Å². The Hall–Kier alpha value is -2.84. The van der Waals surface area contributed by atoms with Gasteiger partial charge in [-0.2, -0.15) is 5.10 Å². The van der Waals surface area contributed by atoms with E-state index in [1.807, 2.05) is 11.9 Å². The first-order chi connectivity index (χ1) is 13.5. The van der Waals surface area contributed by atoms with Gasteiger partial charge in [0.2, 0.25) is 0 Å². The lowest BCUT2D eigenvalue weighted by molar-refractivity contribution is 0.102. The van der Waals surface area contributed by atoms with Crippen molar-refractivity contribution in [1.29, 1.82) is 0 Å². The summed E-state index contributed by atoms with van der Waals surface area (Å²) in [4.78, 5) is 14.7. The van der Waals surface area contributed by atoms with Crippen molar-refractivity contribution < 1.29 is 13.6 Å². The van der Waals surface area contributed by atoms with E-state index >= 15 is 0 Å². The Balaban J connectivity index is 1.63. The van der Waals surface area contributed by atoms with Crippen LogP contribution in [0.4, 0.5) is 14.5 Å². The Morgan fingerprint density at radius 2 is 2.07 bits per heavy atom. The van der Waals surface area contributed by atoms with Crippen LogP contribution < -0.4 is 10.6 Å². The maximum Gasteiger partial charge on any atom is 0.258 e. The SMILES string of the molecule is CN1CCNCCC1c1cc(C(=O)Nc2ccc3cn[nH]c3c2)c(F)cc1F. The highest BCUT2D eigenvalue weighted by atomic mass is 19.1. The maximum atomic E-state index is 14.5. The summed E-state index contributed by atoms with van der Waals surface area (Å²) in [7, 11) is 1.90. The van der Waals surface area contributed by atoms with Gasteiger partial charge in [-0.3, -0.25) is 14.8 Å². The van der Waals surface area contributed by atoms with Crippen LogP contribution in [0.5, 0.6) is 0 Å². The molecule has 1 aliphatic rings. The summed E-state index contributed by atoms with van der Waals surface area (Å²) in [5.41, 5.74) is 1.42. The lowest BCUT2D eigenvalue weighted by Crippen LogP contribution is -2.27. The number of likely N-dealkylation sites (N-methyl/N-ethyl adjacent to an activating group) is 1. The normalized spacial score (nSPS) is 18.2. The molecule has 2 heterocycles. The molecule has 3 aromatic rings. The van der Waals surface area contributed by atoms with Gasteiger partial charge in [0.05, 0.1) is 17.3 Å². The highest BCUT2D eigenvalue weighted by Crippen LogP contribution is 2.29. The Labute approximate surface area is 160 Å². The summed E-state index contributed by atoms with van der Waals surface area (Å²) in [6.45, 7) is 2.28. The third kappa shape index (κ3) is 3.61. The van der Waals surface area contributed by atoms with Crippen molar-refractivity contribution in [2.24, 2.45) is 0 Å². The van der Waals surface area contributed by atoms with E-state index in [0.717, 1.165) is 36.6 Å². The smallest absolute Gasteiger partial charge is 0.258 e. The fraction of sp³-hybridized carbons (Fsp3) is 0.300. The van der Waals surface area contributed by atoms with Gasteiger partial charge in [0.25, 0.3) is 5.91 Å². The minimum absolute atomic E-state index is 0.174. The van der Waals surface area contributed by atoms with Crippen LogP contribution in [0.25, 0.3) is 10.9 Å². The van der Waals surface area contributed by atoms with Crippen molar-refractivity contribution in [3.8, 4) is 0 Å². The fourth-order valence-corrected chi connectivity index (χ4v) is 3.60. The molecule has 1 aromatic heterocycles. The first-order valence-electron chi connectivity index (χ1n) is 9.17. The van der Waals surface area contributed by atoms with E-state index < -0.39 is 17.5 Å². The summed E-state index contributed by atoms with van der Waals surface area (Å²) in [5.74, 6) is -2.13. The van der Waals surface area contributed by atoms with Crippen molar-refractivity contribution in [2.75, 3.05) is 32.0 Å². The van der Waals surface area contributed by atoms with E-state index in [4.69, 9.17) is 0 Å². The molecule has 0 spiro atoms. The number of halogens is 2. The van der Waals surface area contributed by atoms with E-state index in [-0.39, 0.29) is 11.6 Å². The number of anilines is 1. The molecule has 1 aliphatic heterocycles. The monoisotopic (exact) mass is 385 g/mol. The predicted molar refractivity (Wildman–Crippen MR) is 103 cm³/mol. The van der Waals surface area contributed by atoms with Crippen LogP contribution in [-0.2, 0) is 0 Å². The molecule has 0 saturated carbocycles. The number of amides is 1. The first kappa shape index (κ1) is 18.5. The third-order valence-corrected chi connectivity index (χ3v) is 5.16. The first-order valence-corrected chi connectivity index (χ1v) is 9.17. The van der Waals surface area contributed by atoms with Gasteiger partial charge in [0.15, 0.2) is 0 Å². The van der Waals surface area contributed by atoms with Crippen molar-refractivity contribution in [2.45, 2.75) is 12.5 Å². The molecule has 0 aliphatic carbocycles. The lowest BCUT2D eigenvalue weighted by Gasteiger charge is -2.26. The van der Waals surface area contributed by atoms with Crippen LogP contribution >= 0.6 is 0 Å². The zero-order valence-corrected chi connectivity index (χ0v) is 15.4. The molecule has 0 radical (unpaired) electrons. The van der Waals surface area contributed by atoms with Crippen molar-refractivity contribution in [1.82, 2.24) is 20.4 Å². The molecule has 146 valence electrons. The zero-order valence-electron chi connectivity index (χ0n) is 15.4. The molecule has 1 atom stereocenters. The second-order valence-electron chi connectivity index (χ2n) is 7.01. The highest BCUT2D eigenvalue weighted by molar-refractivity contribution is 6.05. The molecule has 6 nitrogen and oxygen atoms in total. The summed E-state index contributed by atoms with van der Waals surface area (Å²) >= 11 is 0. The molecule has 3 N–H and O–H groups in total. The van der Waals surface area contributed by atoms with Crippen LogP contribution in [0.3, 0.4) is 0 Å². The number of aromatic amines is 1. The van der Waals surface area contributed by atoms with Crippen LogP contribution in [0.1, 0.15) is 28.4 Å². The van der Waals surface area contributed by atoms with E-state index in [1.165, 1.54) is 6.07 Å². The van der Waals surface area contributed by atoms with Gasteiger partial charge in [-0.1, -0.05) is 0 Å². The largest absolute Gasteiger partial charge is 0.322 e. The van der Waals surface area contributed by atoms with Gasteiger partial charge < -0.3 is 10.6 Å².